The van der Waals surface area contributed by atoms with Gasteiger partial charge in [-0.15, -0.1) is 0 Å². The second-order valence-electron chi connectivity index (χ2n) is 7.53. The smallest absolute Gasteiger partial charge is 0.319 e. The minimum absolute atomic E-state index is 0.147. The highest BCUT2D eigenvalue weighted by molar-refractivity contribution is 5.89. The van der Waals surface area contributed by atoms with Crippen molar-refractivity contribution in [1.82, 2.24) is 14.9 Å². The Morgan fingerprint density at radius 3 is 2.47 bits per heavy atom. The summed E-state index contributed by atoms with van der Waals surface area (Å²) >= 11 is 0. The van der Waals surface area contributed by atoms with Crippen LogP contribution in [-0.4, -0.2) is 29.3 Å². The van der Waals surface area contributed by atoms with Gasteiger partial charge >= 0.3 is 6.03 Å². The molecular formula is C23H28N4O3. The van der Waals surface area contributed by atoms with E-state index in [1.54, 1.807) is 30.7 Å². The first-order valence-corrected chi connectivity index (χ1v) is 10.1. The van der Waals surface area contributed by atoms with E-state index in [9.17, 15) is 9.59 Å². The maximum atomic E-state index is 13.0. The van der Waals surface area contributed by atoms with Crippen LogP contribution in [-0.2, 0) is 11.3 Å². The second-order valence-corrected chi connectivity index (χ2v) is 7.53. The molecule has 2 aromatic carbocycles. The molecule has 0 aliphatic carbocycles. The van der Waals surface area contributed by atoms with Crippen LogP contribution in [0.1, 0.15) is 44.1 Å². The van der Waals surface area contributed by atoms with Crippen LogP contribution in [0.25, 0.3) is 10.9 Å². The van der Waals surface area contributed by atoms with Crippen molar-refractivity contribution in [3.63, 3.8) is 0 Å². The van der Waals surface area contributed by atoms with Gasteiger partial charge in [0, 0.05) is 12.8 Å². The van der Waals surface area contributed by atoms with Crippen LogP contribution in [0.15, 0.2) is 53.3 Å². The highest BCUT2D eigenvalue weighted by atomic mass is 16.5. The molecule has 1 atom stereocenters. The van der Waals surface area contributed by atoms with Gasteiger partial charge in [0.1, 0.15) is 5.82 Å². The van der Waals surface area contributed by atoms with E-state index in [-0.39, 0.29) is 11.6 Å². The van der Waals surface area contributed by atoms with Gasteiger partial charge in [-0.3, -0.25) is 9.36 Å². The summed E-state index contributed by atoms with van der Waals surface area (Å²) in [6, 6.07) is 14.1. The number of ether oxygens (including phenoxy) is 1. The molecule has 0 radical (unpaired) electrons. The van der Waals surface area contributed by atoms with Crippen LogP contribution in [0.3, 0.4) is 0 Å². The molecule has 0 aliphatic rings. The first kappa shape index (κ1) is 21.5. The molecule has 1 unspecified atom stereocenters. The maximum absolute atomic E-state index is 13.0. The van der Waals surface area contributed by atoms with Crippen LogP contribution in [0.2, 0.25) is 0 Å². The number of nitrogens with zero attached hydrogens (tertiary/aromatic N) is 2. The lowest BCUT2D eigenvalue weighted by Gasteiger charge is -2.20. The Hall–Kier alpha value is -3.19. The van der Waals surface area contributed by atoms with E-state index in [4.69, 9.17) is 4.74 Å². The summed E-state index contributed by atoms with van der Waals surface area (Å²) in [6.45, 7) is 6.77. The first-order chi connectivity index (χ1) is 14.4. The van der Waals surface area contributed by atoms with Crippen molar-refractivity contribution in [2.75, 3.05) is 19.0 Å². The molecule has 3 aromatic rings. The van der Waals surface area contributed by atoms with Gasteiger partial charge in [-0.05, 0) is 42.7 Å². The van der Waals surface area contributed by atoms with Crippen molar-refractivity contribution in [2.24, 2.45) is 0 Å². The van der Waals surface area contributed by atoms with E-state index in [1.165, 1.54) is 5.56 Å². The Bertz CT molecular complexity index is 1070. The number of anilines is 1. The molecule has 2 N–H and O–H groups in total. The number of aromatic nitrogens is 2. The normalized spacial score (nSPS) is 12.2. The van der Waals surface area contributed by atoms with Crippen LogP contribution >= 0.6 is 0 Å². The minimum atomic E-state index is -0.478. The zero-order valence-corrected chi connectivity index (χ0v) is 17.8. The number of para-hydroxylation sites is 1. The molecule has 30 heavy (non-hydrogen) atoms. The fourth-order valence-corrected chi connectivity index (χ4v) is 3.29. The van der Waals surface area contributed by atoms with Gasteiger partial charge in [-0.1, -0.05) is 38.1 Å². The van der Waals surface area contributed by atoms with Crippen molar-refractivity contribution >= 4 is 22.6 Å². The molecule has 0 saturated heterocycles. The Labute approximate surface area is 176 Å². The van der Waals surface area contributed by atoms with Crippen LogP contribution < -0.4 is 16.2 Å². The Morgan fingerprint density at radius 2 is 1.80 bits per heavy atom. The highest BCUT2D eigenvalue weighted by Crippen LogP contribution is 2.18. The Kier molecular flexibility index (Phi) is 6.84. The SMILES string of the molecule is COCCn1c(C(C)NC(=O)Nc2ccc(C(C)C)cc2)nc2ccccc2c1=O. The number of hydrogen-bond acceptors (Lipinski definition) is 4. The van der Waals surface area contributed by atoms with Crippen molar-refractivity contribution < 1.29 is 9.53 Å². The number of carbonyl (C=O) groups excluding carboxylic acids is 1. The number of benzene rings is 2. The molecule has 1 aromatic heterocycles. The van der Waals surface area contributed by atoms with Gasteiger partial charge in [0.25, 0.3) is 5.56 Å². The largest absolute Gasteiger partial charge is 0.383 e. The number of methoxy groups -OCH3 is 1. The standard InChI is InChI=1S/C23H28N4O3/c1-15(2)17-9-11-18(12-10-17)25-23(29)24-16(3)21-26-20-8-6-5-7-19(20)22(28)27(21)13-14-30-4/h5-12,15-16H,13-14H2,1-4H3,(H2,24,25,29). The van der Waals surface area contributed by atoms with E-state index in [0.29, 0.717) is 41.5 Å². The Balaban J connectivity index is 1.82. The number of carbonyl (C=O) groups is 1. The zero-order valence-electron chi connectivity index (χ0n) is 17.8. The van der Waals surface area contributed by atoms with E-state index >= 15 is 0 Å². The average molecular weight is 409 g/mol. The molecule has 1 heterocycles. The van der Waals surface area contributed by atoms with Crippen molar-refractivity contribution in [1.29, 1.82) is 0 Å². The molecule has 0 aliphatic heterocycles. The van der Waals surface area contributed by atoms with Gasteiger partial charge in [-0.25, -0.2) is 9.78 Å². The maximum Gasteiger partial charge on any atom is 0.319 e. The number of rotatable bonds is 7. The van der Waals surface area contributed by atoms with Crippen LogP contribution in [0.5, 0.6) is 0 Å². The van der Waals surface area contributed by atoms with Gasteiger partial charge in [-0.2, -0.15) is 0 Å². The molecule has 2 amide bonds. The van der Waals surface area contributed by atoms with E-state index in [0.717, 1.165) is 0 Å². The van der Waals surface area contributed by atoms with Gasteiger partial charge in [0.2, 0.25) is 0 Å². The molecule has 3 rings (SSSR count). The molecule has 0 saturated carbocycles. The minimum Gasteiger partial charge on any atom is -0.383 e. The lowest BCUT2D eigenvalue weighted by atomic mass is 10.0. The fraction of sp³-hybridized carbons (Fsp3) is 0.348. The Morgan fingerprint density at radius 1 is 1.10 bits per heavy atom. The predicted molar refractivity (Wildman–Crippen MR) is 119 cm³/mol. The summed E-state index contributed by atoms with van der Waals surface area (Å²) in [7, 11) is 1.58. The van der Waals surface area contributed by atoms with E-state index in [2.05, 4.69) is 29.5 Å². The highest BCUT2D eigenvalue weighted by Gasteiger charge is 2.18. The second kappa shape index (κ2) is 9.54. The number of amides is 2. The summed E-state index contributed by atoms with van der Waals surface area (Å²) in [5.41, 5.74) is 2.36. The van der Waals surface area contributed by atoms with Gasteiger partial charge < -0.3 is 15.4 Å². The van der Waals surface area contributed by atoms with Crippen molar-refractivity contribution in [2.45, 2.75) is 39.3 Å². The molecule has 7 heteroatoms. The number of hydrogen-bond donors (Lipinski definition) is 2. The molecule has 0 bridgehead atoms. The summed E-state index contributed by atoms with van der Waals surface area (Å²) in [5.74, 6) is 0.914. The van der Waals surface area contributed by atoms with E-state index in [1.807, 2.05) is 36.4 Å². The third-order valence-electron chi connectivity index (χ3n) is 4.98. The molecular weight excluding hydrogens is 380 g/mol. The summed E-state index contributed by atoms with van der Waals surface area (Å²) in [6.07, 6.45) is 0. The summed E-state index contributed by atoms with van der Waals surface area (Å²) < 4.78 is 6.71. The quantitative estimate of drug-likeness (QED) is 0.618. The van der Waals surface area contributed by atoms with Crippen molar-refractivity contribution in [3.8, 4) is 0 Å². The molecule has 0 spiro atoms. The predicted octanol–water partition coefficient (Wildman–Crippen LogP) is 4.05. The third kappa shape index (κ3) is 4.86. The summed E-state index contributed by atoms with van der Waals surface area (Å²) in [4.78, 5) is 30.1. The van der Waals surface area contributed by atoms with Crippen LogP contribution in [0.4, 0.5) is 10.5 Å². The lowest BCUT2D eigenvalue weighted by molar-refractivity contribution is 0.184. The number of urea groups is 1. The lowest BCUT2D eigenvalue weighted by Crippen LogP contribution is -2.36. The molecule has 7 nitrogen and oxygen atoms in total. The first-order valence-electron chi connectivity index (χ1n) is 10.1. The molecule has 158 valence electrons. The number of nitrogens with one attached hydrogen (secondary N) is 2. The van der Waals surface area contributed by atoms with Gasteiger partial charge in [0.05, 0.1) is 30.1 Å². The molecule has 0 fully saturated rings. The summed E-state index contributed by atoms with van der Waals surface area (Å²) in [5, 5.41) is 6.25. The topological polar surface area (TPSA) is 85.2 Å². The van der Waals surface area contributed by atoms with E-state index < -0.39 is 6.04 Å². The number of fused-ring (bicyclic) bond motifs is 1. The third-order valence-corrected chi connectivity index (χ3v) is 4.98. The van der Waals surface area contributed by atoms with Gasteiger partial charge in [0.15, 0.2) is 0 Å². The average Bonchev–Trinajstić information content (AvgIpc) is 2.73. The van der Waals surface area contributed by atoms with Crippen LogP contribution in [0, 0.1) is 0 Å². The zero-order chi connectivity index (χ0) is 21.7. The monoisotopic (exact) mass is 408 g/mol. The fourth-order valence-electron chi connectivity index (χ4n) is 3.29. The van der Waals surface area contributed by atoms with Crippen molar-refractivity contribution in [3.05, 3.63) is 70.3 Å².